The van der Waals surface area contributed by atoms with E-state index in [4.69, 9.17) is 14.4 Å². The third-order valence-electron chi connectivity index (χ3n) is 4.12. The van der Waals surface area contributed by atoms with E-state index < -0.39 is 11.5 Å². The Hall–Kier alpha value is -1.96. The van der Waals surface area contributed by atoms with Gasteiger partial charge in [0.1, 0.15) is 0 Å². The van der Waals surface area contributed by atoms with Crippen LogP contribution in [-0.4, -0.2) is 45.9 Å². The Morgan fingerprint density at radius 2 is 2.04 bits per heavy atom. The van der Waals surface area contributed by atoms with Crippen molar-refractivity contribution in [1.82, 2.24) is 15.5 Å². The van der Waals surface area contributed by atoms with Crippen LogP contribution in [0.1, 0.15) is 57.2 Å². The van der Waals surface area contributed by atoms with Gasteiger partial charge in [0, 0.05) is 32.5 Å². The van der Waals surface area contributed by atoms with Crippen LogP contribution in [0.5, 0.6) is 0 Å². The molecule has 0 saturated carbocycles. The highest BCUT2D eigenvalue weighted by molar-refractivity contribution is 5.78. The summed E-state index contributed by atoms with van der Waals surface area (Å²) in [5, 5.41) is 15.9. The summed E-state index contributed by atoms with van der Waals surface area (Å²) in [6.45, 7) is 2.98. The molecule has 0 atom stereocenters. The third-order valence-corrected chi connectivity index (χ3v) is 4.12. The summed E-state index contributed by atoms with van der Waals surface area (Å²) in [5.41, 5.74) is -0.694. The third kappa shape index (κ3) is 5.59. The second kappa shape index (κ2) is 8.77. The molecule has 1 aliphatic rings. The SMILES string of the molecule is CCCc1noc(CCCC(=O)NC2(CC(=O)O)CCOCC2)n1. The van der Waals surface area contributed by atoms with Gasteiger partial charge in [-0.25, -0.2) is 0 Å². The number of nitrogens with zero attached hydrogens (tertiary/aromatic N) is 2. The van der Waals surface area contributed by atoms with Gasteiger partial charge in [0.15, 0.2) is 5.82 Å². The zero-order valence-electron chi connectivity index (χ0n) is 14.0. The second-order valence-electron chi connectivity index (χ2n) is 6.22. The molecule has 0 aliphatic carbocycles. The standard InChI is InChI=1S/C16H25N3O5/c1-2-4-12-17-14(24-19-12)6-3-5-13(20)18-16(11-15(21)22)7-9-23-10-8-16/h2-11H2,1H3,(H,18,20)(H,21,22). The number of rotatable bonds is 9. The summed E-state index contributed by atoms with van der Waals surface area (Å²) < 4.78 is 10.4. The van der Waals surface area contributed by atoms with Crippen molar-refractivity contribution in [2.75, 3.05) is 13.2 Å². The molecule has 0 unspecified atom stereocenters. The Kier molecular flexibility index (Phi) is 6.72. The maximum Gasteiger partial charge on any atom is 0.305 e. The van der Waals surface area contributed by atoms with E-state index in [0.717, 1.165) is 12.8 Å². The van der Waals surface area contributed by atoms with Gasteiger partial charge in [-0.15, -0.1) is 0 Å². The lowest BCUT2D eigenvalue weighted by Gasteiger charge is -2.36. The van der Waals surface area contributed by atoms with E-state index in [9.17, 15) is 9.59 Å². The molecule has 24 heavy (non-hydrogen) atoms. The molecule has 1 aliphatic heterocycles. The van der Waals surface area contributed by atoms with E-state index in [0.29, 0.717) is 57.0 Å². The summed E-state index contributed by atoms with van der Waals surface area (Å²) >= 11 is 0. The predicted molar refractivity (Wildman–Crippen MR) is 84.4 cm³/mol. The van der Waals surface area contributed by atoms with Crippen molar-refractivity contribution in [2.45, 2.75) is 63.8 Å². The highest BCUT2D eigenvalue weighted by Gasteiger charge is 2.36. The number of aliphatic carboxylic acids is 1. The summed E-state index contributed by atoms with van der Waals surface area (Å²) in [4.78, 5) is 27.5. The lowest BCUT2D eigenvalue weighted by molar-refractivity contribution is -0.140. The molecule has 1 aromatic heterocycles. The number of hydrogen-bond acceptors (Lipinski definition) is 6. The number of aromatic nitrogens is 2. The minimum Gasteiger partial charge on any atom is -0.481 e. The molecule has 1 fully saturated rings. The van der Waals surface area contributed by atoms with Crippen molar-refractivity contribution in [2.24, 2.45) is 0 Å². The molecular weight excluding hydrogens is 314 g/mol. The highest BCUT2D eigenvalue weighted by atomic mass is 16.5. The van der Waals surface area contributed by atoms with Crippen LogP contribution in [-0.2, 0) is 27.2 Å². The fourth-order valence-corrected chi connectivity index (χ4v) is 2.87. The molecule has 1 saturated heterocycles. The van der Waals surface area contributed by atoms with E-state index in [-0.39, 0.29) is 12.3 Å². The van der Waals surface area contributed by atoms with Crippen molar-refractivity contribution in [1.29, 1.82) is 0 Å². The predicted octanol–water partition coefficient (Wildman–Crippen LogP) is 1.48. The van der Waals surface area contributed by atoms with Crippen molar-refractivity contribution < 1.29 is 24.0 Å². The number of carbonyl (C=O) groups is 2. The Balaban J connectivity index is 1.79. The van der Waals surface area contributed by atoms with Crippen LogP contribution in [0.2, 0.25) is 0 Å². The van der Waals surface area contributed by atoms with Gasteiger partial charge in [-0.3, -0.25) is 9.59 Å². The number of ether oxygens (including phenoxy) is 1. The zero-order valence-corrected chi connectivity index (χ0v) is 14.0. The fraction of sp³-hybridized carbons (Fsp3) is 0.750. The number of carbonyl (C=O) groups excluding carboxylic acids is 1. The quantitative estimate of drug-likeness (QED) is 0.700. The molecule has 0 aromatic carbocycles. The molecule has 8 nitrogen and oxygen atoms in total. The number of carboxylic acid groups (broad SMARTS) is 1. The molecule has 0 spiro atoms. The van der Waals surface area contributed by atoms with Gasteiger partial charge < -0.3 is 19.7 Å². The number of nitrogens with one attached hydrogen (secondary N) is 1. The average Bonchev–Trinajstić information content (AvgIpc) is 2.95. The smallest absolute Gasteiger partial charge is 0.305 e. The molecule has 1 amide bonds. The maximum absolute atomic E-state index is 12.2. The summed E-state index contributed by atoms with van der Waals surface area (Å²) in [5.74, 6) is 0.176. The first-order chi connectivity index (χ1) is 11.5. The van der Waals surface area contributed by atoms with Gasteiger partial charge in [0.2, 0.25) is 11.8 Å². The van der Waals surface area contributed by atoms with E-state index in [1.54, 1.807) is 0 Å². The highest BCUT2D eigenvalue weighted by Crippen LogP contribution is 2.25. The topological polar surface area (TPSA) is 115 Å². The normalized spacial score (nSPS) is 16.7. The monoisotopic (exact) mass is 339 g/mol. The summed E-state index contributed by atoms with van der Waals surface area (Å²) in [6, 6.07) is 0. The van der Waals surface area contributed by atoms with Crippen LogP contribution in [0.15, 0.2) is 4.52 Å². The molecule has 2 rings (SSSR count). The fourth-order valence-electron chi connectivity index (χ4n) is 2.87. The Morgan fingerprint density at radius 1 is 1.29 bits per heavy atom. The van der Waals surface area contributed by atoms with Crippen LogP contribution in [0.25, 0.3) is 0 Å². The molecule has 1 aromatic rings. The Labute approximate surface area is 141 Å². The van der Waals surface area contributed by atoms with Gasteiger partial charge in [-0.1, -0.05) is 12.1 Å². The number of amides is 1. The van der Waals surface area contributed by atoms with Gasteiger partial charge in [-0.2, -0.15) is 4.98 Å². The van der Waals surface area contributed by atoms with Crippen molar-refractivity contribution in [3.8, 4) is 0 Å². The van der Waals surface area contributed by atoms with E-state index in [2.05, 4.69) is 15.5 Å². The number of hydrogen-bond donors (Lipinski definition) is 2. The minimum absolute atomic E-state index is 0.0772. The van der Waals surface area contributed by atoms with Crippen LogP contribution in [0.4, 0.5) is 0 Å². The molecule has 2 N–H and O–H groups in total. The lowest BCUT2D eigenvalue weighted by Crippen LogP contribution is -2.53. The molecule has 134 valence electrons. The molecular formula is C16H25N3O5. The first kappa shape index (κ1) is 18.4. The lowest BCUT2D eigenvalue weighted by atomic mass is 9.86. The average molecular weight is 339 g/mol. The number of carboxylic acids is 1. The second-order valence-corrected chi connectivity index (χ2v) is 6.22. The van der Waals surface area contributed by atoms with Gasteiger partial charge in [0.25, 0.3) is 0 Å². The molecule has 2 heterocycles. The van der Waals surface area contributed by atoms with Gasteiger partial charge in [-0.05, 0) is 25.7 Å². The first-order valence-electron chi connectivity index (χ1n) is 8.45. The summed E-state index contributed by atoms with van der Waals surface area (Å²) in [7, 11) is 0. The summed E-state index contributed by atoms with van der Waals surface area (Å²) in [6.07, 6.45) is 4.13. The Bertz CT molecular complexity index is 552. The van der Waals surface area contributed by atoms with Gasteiger partial charge >= 0.3 is 5.97 Å². The van der Waals surface area contributed by atoms with E-state index in [1.165, 1.54) is 0 Å². The molecule has 0 radical (unpaired) electrons. The van der Waals surface area contributed by atoms with E-state index in [1.807, 2.05) is 6.92 Å². The van der Waals surface area contributed by atoms with E-state index >= 15 is 0 Å². The number of aryl methyl sites for hydroxylation is 2. The van der Waals surface area contributed by atoms with Crippen LogP contribution >= 0.6 is 0 Å². The Morgan fingerprint density at radius 3 is 2.71 bits per heavy atom. The maximum atomic E-state index is 12.2. The van der Waals surface area contributed by atoms with Crippen molar-refractivity contribution >= 4 is 11.9 Å². The van der Waals surface area contributed by atoms with Crippen molar-refractivity contribution in [3.63, 3.8) is 0 Å². The first-order valence-corrected chi connectivity index (χ1v) is 8.45. The van der Waals surface area contributed by atoms with Crippen LogP contribution in [0.3, 0.4) is 0 Å². The van der Waals surface area contributed by atoms with Crippen LogP contribution in [0, 0.1) is 0 Å². The van der Waals surface area contributed by atoms with Crippen LogP contribution < -0.4 is 5.32 Å². The molecule has 8 heteroatoms. The van der Waals surface area contributed by atoms with Gasteiger partial charge in [0.05, 0.1) is 12.0 Å². The minimum atomic E-state index is -0.911. The van der Waals surface area contributed by atoms with Crippen molar-refractivity contribution in [3.05, 3.63) is 11.7 Å². The molecule has 0 bridgehead atoms. The zero-order chi connectivity index (χ0) is 17.4. The largest absolute Gasteiger partial charge is 0.481 e.